The molecule has 0 aliphatic rings. The zero-order chi connectivity index (χ0) is 11.2. The van der Waals surface area contributed by atoms with E-state index in [0.29, 0.717) is 0 Å². The van der Waals surface area contributed by atoms with Crippen LogP contribution in [0.25, 0.3) is 10.6 Å². The summed E-state index contributed by atoms with van der Waals surface area (Å²) in [6, 6.07) is 4.12. The molecule has 0 saturated carbocycles. The van der Waals surface area contributed by atoms with Gasteiger partial charge in [-0.3, -0.25) is 5.10 Å². The van der Waals surface area contributed by atoms with Crippen molar-refractivity contribution in [1.29, 1.82) is 0 Å². The fraction of sp³-hybridized carbons (Fsp3) is 0.250. The first-order valence-electron chi connectivity index (χ1n) is 5.12. The molecule has 0 unspecified atom stereocenters. The molecular weight excluding hydrogens is 218 g/mol. The van der Waals surface area contributed by atoms with Crippen molar-refractivity contribution in [3.63, 3.8) is 0 Å². The van der Waals surface area contributed by atoms with Crippen LogP contribution in [0.3, 0.4) is 0 Å². The van der Waals surface area contributed by atoms with Crippen LogP contribution in [-0.2, 0) is 6.54 Å². The van der Waals surface area contributed by atoms with Crippen LogP contribution in [0.4, 0.5) is 0 Å². The van der Waals surface area contributed by atoms with Crippen molar-refractivity contribution >= 4 is 11.3 Å². The van der Waals surface area contributed by atoms with Crippen LogP contribution in [0, 0.1) is 12.3 Å². The first-order valence-corrected chi connectivity index (χ1v) is 6.00. The second-order valence-electron chi connectivity index (χ2n) is 3.38. The van der Waals surface area contributed by atoms with E-state index < -0.39 is 0 Å². The Morgan fingerprint density at radius 1 is 1.56 bits per heavy atom. The van der Waals surface area contributed by atoms with E-state index in [1.165, 1.54) is 10.4 Å². The Bertz CT molecular complexity index is 465. The highest BCUT2D eigenvalue weighted by Crippen LogP contribution is 2.25. The summed E-state index contributed by atoms with van der Waals surface area (Å²) >= 11 is 1.71. The van der Waals surface area contributed by atoms with Gasteiger partial charge in [0.1, 0.15) is 0 Å². The third-order valence-corrected chi connectivity index (χ3v) is 3.13. The Morgan fingerprint density at radius 3 is 3.25 bits per heavy atom. The van der Waals surface area contributed by atoms with Gasteiger partial charge in [-0.2, -0.15) is 5.10 Å². The Morgan fingerprint density at radius 2 is 2.50 bits per heavy atom. The highest BCUT2D eigenvalue weighted by molar-refractivity contribution is 7.13. The molecule has 0 atom stereocenters. The third-order valence-electron chi connectivity index (χ3n) is 2.25. The summed E-state index contributed by atoms with van der Waals surface area (Å²) < 4.78 is 0. The molecule has 0 aliphatic heterocycles. The highest BCUT2D eigenvalue weighted by Gasteiger charge is 2.07. The molecule has 2 aromatic heterocycles. The van der Waals surface area contributed by atoms with Crippen molar-refractivity contribution in [2.24, 2.45) is 0 Å². The lowest BCUT2D eigenvalue weighted by Crippen LogP contribution is -2.14. The number of hydrogen-bond acceptors (Lipinski definition) is 3. The van der Waals surface area contributed by atoms with Crippen molar-refractivity contribution in [1.82, 2.24) is 15.5 Å². The van der Waals surface area contributed by atoms with Gasteiger partial charge in [-0.05, 0) is 11.4 Å². The van der Waals surface area contributed by atoms with Gasteiger partial charge in [0.05, 0.1) is 16.8 Å². The fourth-order valence-corrected chi connectivity index (χ4v) is 2.22. The lowest BCUT2D eigenvalue weighted by Gasteiger charge is -2.02. The van der Waals surface area contributed by atoms with Crippen LogP contribution in [0.15, 0.2) is 23.7 Å². The van der Waals surface area contributed by atoms with Crippen molar-refractivity contribution in [2.75, 3.05) is 6.54 Å². The first-order chi connectivity index (χ1) is 7.92. The number of nitrogens with one attached hydrogen (secondary N) is 2. The molecule has 0 fully saturated rings. The lowest BCUT2D eigenvalue weighted by atomic mass is 10.2. The summed E-state index contributed by atoms with van der Waals surface area (Å²) in [5.74, 6) is 2.61. The van der Waals surface area contributed by atoms with Crippen LogP contribution in [0.1, 0.15) is 12.0 Å². The second-order valence-corrected chi connectivity index (χ2v) is 4.33. The predicted molar refractivity (Wildman–Crippen MR) is 67.1 cm³/mol. The summed E-state index contributed by atoms with van der Waals surface area (Å²) in [6.45, 7) is 1.64. The second kappa shape index (κ2) is 5.50. The Labute approximate surface area is 98.9 Å². The van der Waals surface area contributed by atoms with Gasteiger partial charge in [-0.25, -0.2) is 0 Å². The van der Waals surface area contributed by atoms with E-state index in [9.17, 15) is 0 Å². The van der Waals surface area contributed by atoms with Crippen LogP contribution < -0.4 is 5.32 Å². The van der Waals surface area contributed by atoms with E-state index in [-0.39, 0.29) is 0 Å². The molecule has 0 amide bonds. The molecule has 0 aliphatic carbocycles. The van der Waals surface area contributed by atoms with Gasteiger partial charge in [-0.1, -0.05) is 6.07 Å². The Hall–Kier alpha value is -1.57. The zero-order valence-corrected chi connectivity index (χ0v) is 9.68. The van der Waals surface area contributed by atoms with Crippen LogP contribution in [0.2, 0.25) is 0 Å². The molecule has 2 rings (SSSR count). The molecule has 2 aromatic rings. The maximum Gasteiger partial charge on any atom is 0.0794 e. The number of nitrogens with zero attached hydrogens (tertiary/aromatic N) is 1. The molecule has 0 aromatic carbocycles. The van der Waals surface area contributed by atoms with E-state index in [4.69, 9.17) is 6.42 Å². The summed E-state index contributed by atoms with van der Waals surface area (Å²) in [5, 5.41) is 12.5. The van der Waals surface area contributed by atoms with E-state index in [2.05, 4.69) is 32.9 Å². The van der Waals surface area contributed by atoms with Gasteiger partial charge in [0.15, 0.2) is 0 Å². The standard InChI is InChI=1S/C12H13N3S/c1-2-3-6-13-8-10-9-14-15-12(10)11-5-4-7-16-11/h1,4-5,7,9,13H,3,6,8H2,(H,14,15). The average molecular weight is 231 g/mol. The van der Waals surface area contributed by atoms with Gasteiger partial charge >= 0.3 is 0 Å². The quantitative estimate of drug-likeness (QED) is 0.612. The molecule has 3 nitrogen and oxygen atoms in total. The number of hydrogen-bond donors (Lipinski definition) is 2. The van der Waals surface area contributed by atoms with Crippen molar-refractivity contribution in [3.8, 4) is 22.9 Å². The minimum absolute atomic E-state index is 0.756. The molecule has 0 saturated heterocycles. The molecule has 2 N–H and O–H groups in total. The largest absolute Gasteiger partial charge is 0.312 e. The summed E-state index contributed by atoms with van der Waals surface area (Å²) in [5.41, 5.74) is 2.28. The molecule has 0 radical (unpaired) electrons. The number of rotatable bonds is 5. The van der Waals surface area contributed by atoms with Crippen molar-refractivity contribution < 1.29 is 0 Å². The molecule has 0 spiro atoms. The molecule has 82 valence electrons. The maximum atomic E-state index is 5.19. The molecule has 2 heterocycles. The lowest BCUT2D eigenvalue weighted by molar-refractivity contribution is 0.702. The SMILES string of the molecule is C#CCCNCc1cn[nH]c1-c1cccs1. The summed E-state index contributed by atoms with van der Waals surface area (Å²) in [6.07, 6.45) is 7.80. The number of H-pyrrole nitrogens is 1. The monoisotopic (exact) mass is 231 g/mol. The third kappa shape index (κ3) is 2.51. The van der Waals surface area contributed by atoms with Crippen LogP contribution >= 0.6 is 11.3 Å². The molecule has 16 heavy (non-hydrogen) atoms. The minimum atomic E-state index is 0.756. The smallest absolute Gasteiger partial charge is 0.0794 e. The number of thiophene rings is 1. The van der Waals surface area contributed by atoms with Gasteiger partial charge in [0, 0.05) is 25.1 Å². The van der Waals surface area contributed by atoms with E-state index in [1.54, 1.807) is 11.3 Å². The van der Waals surface area contributed by atoms with Crippen molar-refractivity contribution in [2.45, 2.75) is 13.0 Å². The molecular formula is C12H13N3S. The molecule has 4 heteroatoms. The highest BCUT2D eigenvalue weighted by atomic mass is 32.1. The van der Waals surface area contributed by atoms with Crippen LogP contribution in [-0.4, -0.2) is 16.7 Å². The summed E-state index contributed by atoms with van der Waals surface area (Å²) in [7, 11) is 0. The molecule has 0 bridgehead atoms. The maximum absolute atomic E-state index is 5.19. The van der Waals surface area contributed by atoms with Crippen molar-refractivity contribution in [3.05, 3.63) is 29.3 Å². The van der Waals surface area contributed by atoms with E-state index >= 15 is 0 Å². The topological polar surface area (TPSA) is 40.7 Å². The van der Waals surface area contributed by atoms with Gasteiger partial charge < -0.3 is 5.32 Å². The predicted octanol–water partition coefficient (Wildman–Crippen LogP) is 2.25. The number of aromatic nitrogens is 2. The first kappa shape index (κ1) is 10.9. The van der Waals surface area contributed by atoms with Gasteiger partial charge in [0.25, 0.3) is 0 Å². The fourth-order valence-electron chi connectivity index (χ4n) is 1.46. The van der Waals surface area contributed by atoms with Gasteiger partial charge in [-0.15, -0.1) is 23.7 Å². The summed E-state index contributed by atoms with van der Waals surface area (Å²) in [4.78, 5) is 1.21. The number of terminal acetylenes is 1. The van der Waals surface area contributed by atoms with Gasteiger partial charge in [0.2, 0.25) is 0 Å². The average Bonchev–Trinajstić information content (AvgIpc) is 2.94. The van der Waals surface area contributed by atoms with E-state index in [1.807, 2.05) is 12.3 Å². The van der Waals surface area contributed by atoms with E-state index in [0.717, 1.165) is 25.2 Å². The normalized spacial score (nSPS) is 10.2. The minimum Gasteiger partial charge on any atom is -0.312 e. The number of aromatic amines is 1. The Balaban J connectivity index is 2.00. The van der Waals surface area contributed by atoms with Crippen LogP contribution in [0.5, 0.6) is 0 Å². The zero-order valence-electron chi connectivity index (χ0n) is 8.86. The Kier molecular flexibility index (Phi) is 3.76.